The fourth-order valence-electron chi connectivity index (χ4n) is 1.27. The van der Waals surface area contributed by atoms with Crippen molar-refractivity contribution >= 4 is 21.4 Å². The van der Waals surface area contributed by atoms with E-state index in [1.165, 1.54) is 13.2 Å². The summed E-state index contributed by atoms with van der Waals surface area (Å²) >= 11 is 5.89. The van der Waals surface area contributed by atoms with Crippen LogP contribution in [-0.2, 0) is 21.3 Å². The van der Waals surface area contributed by atoms with Gasteiger partial charge in [-0.05, 0) is 17.7 Å². The normalized spacial score (nSPS) is 11.5. The van der Waals surface area contributed by atoms with E-state index in [2.05, 4.69) is 4.84 Å². The predicted molar refractivity (Wildman–Crippen MR) is 60.1 cm³/mol. The average Bonchev–Trinajstić information content (AvgIpc) is 2.16. The minimum absolute atomic E-state index is 0.0227. The second kappa shape index (κ2) is 5.01. The van der Waals surface area contributed by atoms with E-state index in [0.717, 1.165) is 6.26 Å². The lowest BCUT2D eigenvalue weighted by atomic mass is 10.2. The molecule has 0 aliphatic rings. The van der Waals surface area contributed by atoms with Gasteiger partial charge >= 0.3 is 0 Å². The molecule has 1 aromatic rings. The van der Waals surface area contributed by atoms with E-state index in [-0.39, 0.29) is 22.3 Å². The number of ether oxygens (including phenoxy) is 1. The Morgan fingerprint density at radius 3 is 2.50 bits per heavy atom. The van der Waals surface area contributed by atoms with Gasteiger partial charge < -0.3 is 4.74 Å². The summed E-state index contributed by atoms with van der Waals surface area (Å²) in [6.07, 6.45) is 1.08. The summed E-state index contributed by atoms with van der Waals surface area (Å²) in [6, 6.07) is 2.97. The van der Waals surface area contributed by atoms with Gasteiger partial charge in [-0.2, -0.15) is 0 Å². The van der Waals surface area contributed by atoms with Crippen LogP contribution in [0, 0.1) is 0 Å². The Kier molecular flexibility index (Phi) is 4.15. The summed E-state index contributed by atoms with van der Waals surface area (Å²) in [5, 5.41) is 0.206. The van der Waals surface area contributed by atoms with Crippen molar-refractivity contribution in [2.24, 2.45) is 5.90 Å². The topological polar surface area (TPSA) is 78.6 Å². The Morgan fingerprint density at radius 1 is 1.44 bits per heavy atom. The van der Waals surface area contributed by atoms with Crippen LogP contribution < -0.4 is 10.6 Å². The first-order valence-electron chi connectivity index (χ1n) is 4.28. The molecule has 5 nitrogen and oxygen atoms in total. The third kappa shape index (κ3) is 2.85. The molecule has 0 spiro atoms. The highest BCUT2D eigenvalue weighted by molar-refractivity contribution is 7.90. The number of rotatable bonds is 4. The first-order chi connectivity index (χ1) is 7.40. The van der Waals surface area contributed by atoms with Crippen LogP contribution in [-0.4, -0.2) is 21.8 Å². The molecule has 0 saturated carbocycles. The Labute approximate surface area is 99.0 Å². The maximum absolute atomic E-state index is 11.5. The molecule has 2 N–H and O–H groups in total. The molecule has 16 heavy (non-hydrogen) atoms. The molecule has 0 radical (unpaired) electrons. The lowest BCUT2D eigenvalue weighted by Crippen LogP contribution is -2.05. The average molecular weight is 266 g/mol. The number of nitrogens with two attached hydrogens (primary N) is 1. The summed E-state index contributed by atoms with van der Waals surface area (Å²) in [5.74, 6) is 5.05. The van der Waals surface area contributed by atoms with Gasteiger partial charge in [0.2, 0.25) is 0 Å². The van der Waals surface area contributed by atoms with Crippen molar-refractivity contribution < 1.29 is 18.0 Å². The molecule has 0 aliphatic heterocycles. The van der Waals surface area contributed by atoms with Crippen LogP contribution in [0.15, 0.2) is 17.0 Å². The number of hydrogen-bond donors (Lipinski definition) is 1. The molecule has 1 aromatic carbocycles. The van der Waals surface area contributed by atoms with Crippen molar-refractivity contribution in [3.8, 4) is 5.75 Å². The molecule has 0 amide bonds. The number of sulfone groups is 1. The number of methoxy groups -OCH3 is 1. The van der Waals surface area contributed by atoms with E-state index in [4.69, 9.17) is 22.2 Å². The van der Waals surface area contributed by atoms with Gasteiger partial charge in [-0.15, -0.1) is 0 Å². The highest BCUT2D eigenvalue weighted by atomic mass is 35.5. The van der Waals surface area contributed by atoms with Crippen LogP contribution in [0.5, 0.6) is 5.75 Å². The monoisotopic (exact) mass is 265 g/mol. The van der Waals surface area contributed by atoms with Gasteiger partial charge in [-0.1, -0.05) is 11.6 Å². The van der Waals surface area contributed by atoms with Gasteiger partial charge in [0.25, 0.3) is 0 Å². The zero-order valence-electron chi connectivity index (χ0n) is 8.86. The molecule has 90 valence electrons. The van der Waals surface area contributed by atoms with Crippen molar-refractivity contribution in [1.82, 2.24) is 0 Å². The highest BCUT2D eigenvalue weighted by Gasteiger charge is 2.18. The maximum atomic E-state index is 11.5. The quantitative estimate of drug-likeness (QED) is 0.826. The largest absolute Gasteiger partial charge is 0.494 e. The minimum atomic E-state index is -3.41. The molecule has 0 saturated heterocycles. The Morgan fingerprint density at radius 2 is 2.06 bits per heavy atom. The second-order valence-electron chi connectivity index (χ2n) is 3.19. The zero-order chi connectivity index (χ0) is 12.3. The van der Waals surface area contributed by atoms with E-state index in [1.807, 2.05) is 0 Å². The first kappa shape index (κ1) is 13.2. The van der Waals surface area contributed by atoms with Crippen molar-refractivity contribution in [1.29, 1.82) is 0 Å². The van der Waals surface area contributed by atoms with Crippen molar-refractivity contribution in [2.45, 2.75) is 11.5 Å². The number of benzene rings is 1. The van der Waals surface area contributed by atoms with Crippen LogP contribution in [0.2, 0.25) is 5.02 Å². The van der Waals surface area contributed by atoms with Crippen molar-refractivity contribution in [2.75, 3.05) is 13.4 Å². The van der Waals surface area contributed by atoms with Crippen LogP contribution in [0.4, 0.5) is 0 Å². The van der Waals surface area contributed by atoms with Crippen molar-refractivity contribution in [3.05, 3.63) is 22.7 Å². The predicted octanol–water partition coefficient (Wildman–Crippen LogP) is 1.14. The molecule has 0 heterocycles. The summed E-state index contributed by atoms with van der Waals surface area (Å²) in [5.41, 5.74) is 0.564. The van der Waals surface area contributed by atoms with Gasteiger partial charge in [0.1, 0.15) is 4.90 Å². The van der Waals surface area contributed by atoms with Gasteiger partial charge in [0.15, 0.2) is 15.6 Å². The standard InChI is InChI=1S/C9H12ClNO4S/c1-14-9-7(10)3-6(5-15-11)4-8(9)16(2,12)13/h3-4H,5,11H2,1-2H3. The Hall–Kier alpha value is -0.820. The molecule has 0 aliphatic carbocycles. The second-order valence-corrected chi connectivity index (χ2v) is 5.58. The van der Waals surface area contributed by atoms with E-state index in [1.54, 1.807) is 6.07 Å². The SMILES string of the molecule is COc1c(Cl)cc(CON)cc1S(C)(=O)=O. The summed E-state index contributed by atoms with van der Waals surface area (Å²) in [6.45, 7) is 0.0756. The van der Waals surface area contributed by atoms with E-state index < -0.39 is 9.84 Å². The Bertz CT molecular complexity index is 487. The lowest BCUT2D eigenvalue weighted by Gasteiger charge is -2.11. The van der Waals surface area contributed by atoms with Gasteiger partial charge in [-0.3, -0.25) is 4.84 Å². The molecule has 1 rings (SSSR count). The van der Waals surface area contributed by atoms with Gasteiger partial charge in [0, 0.05) is 6.26 Å². The Balaban J connectivity index is 3.43. The van der Waals surface area contributed by atoms with E-state index in [0.29, 0.717) is 5.56 Å². The molecular formula is C9H12ClNO4S. The smallest absolute Gasteiger partial charge is 0.179 e. The first-order valence-corrected chi connectivity index (χ1v) is 6.55. The van der Waals surface area contributed by atoms with Gasteiger partial charge in [-0.25, -0.2) is 14.3 Å². The van der Waals surface area contributed by atoms with E-state index in [9.17, 15) is 8.42 Å². The van der Waals surface area contributed by atoms with Crippen molar-refractivity contribution in [3.63, 3.8) is 0 Å². The molecule has 0 unspecified atom stereocenters. The van der Waals surface area contributed by atoms with Crippen LogP contribution in [0.3, 0.4) is 0 Å². The fourth-order valence-corrected chi connectivity index (χ4v) is 2.55. The lowest BCUT2D eigenvalue weighted by molar-refractivity contribution is 0.124. The highest BCUT2D eigenvalue weighted by Crippen LogP contribution is 2.33. The fraction of sp³-hybridized carbons (Fsp3) is 0.333. The molecule has 0 aromatic heterocycles. The molecule has 0 atom stereocenters. The minimum Gasteiger partial charge on any atom is -0.494 e. The summed E-state index contributed by atoms with van der Waals surface area (Å²) in [4.78, 5) is 4.45. The third-order valence-electron chi connectivity index (χ3n) is 1.92. The van der Waals surface area contributed by atoms with E-state index >= 15 is 0 Å². The third-order valence-corrected chi connectivity index (χ3v) is 3.31. The molecule has 7 heteroatoms. The molecular weight excluding hydrogens is 254 g/mol. The summed E-state index contributed by atoms with van der Waals surface area (Å²) < 4.78 is 28.0. The van der Waals surface area contributed by atoms with Gasteiger partial charge in [0.05, 0.1) is 18.7 Å². The van der Waals surface area contributed by atoms with Crippen LogP contribution in [0.25, 0.3) is 0 Å². The molecule has 0 fully saturated rings. The molecule has 0 bridgehead atoms. The maximum Gasteiger partial charge on any atom is 0.179 e. The summed E-state index contributed by atoms with van der Waals surface area (Å²) in [7, 11) is -2.06. The zero-order valence-corrected chi connectivity index (χ0v) is 10.4. The van der Waals surface area contributed by atoms with Crippen LogP contribution >= 0.6 is 11.6 Å². The number of hydrogen-bond acceptors (Lipinski definition) is 5. The number of halogens is 1. The van der Waals surface area contributed by atoms with Crippen LogP contribution in [0.1, 0.15) is 5.56 Å².